The van der Waals surface area contributed by atoms with Gasteiger partial charge in [0, 0.05) is 62.9 Å². The first-order valence-corrected chi connectivity index (χ1v) is 9.87. The second-order valence-electron chi connectivity index (χ2n) is 7.93. The molecule has 1 saturated carbocycles. The maximum absolute atomic E-state index is 5.98. The fourth-order valence-electron chi connectivity index (χ4n) is 4.46. The summed E-state index contributed by atoms with van der Waals surface area (Å²) in [6.45, 7) is 4.45. The third-order valence-corrected chi connectivity index (χ3v) is 5.95. The molecule has 0 unspecified atom stereocenters. The van der Waals surface area contributed by atoms with Crippen molar-refractivity contribution in [2.24, 2.45) is 10.9 Å². The van der Waals surface area contributed by atoms with Gasteiger partial charge in [0.1, 0.15) is 5.60 Å². The van der Waals surface area contributed by atoms with E-state index in [1.165, 1.54) is 0 Å². The number of oxime groups is 1. The van der Waals surface area contributed by atoms with E-state index >= 15 is 0 Å². The normalized spacial score (nSPS) is 28.2. The molecule has 0 aromatic carbocycles. The van der Waals surface area contributed by atoms with Gasteiger partial charge >= 0.3 is 0 Å². The molecule has 0 amide bonds. The molecule has 0 radical (unpaired) electrons. The van der Waals surface area contributed by atoms with Crippen molar-refractivity contribution in [3.63, 3.8) is 0 Å². The van der Waals surface area contributed by atoms with Gasteiger partial charge in [-0.1, -0.05) is 5.16 Å². The van der Waals surface area contributed by atoms with Crippen LogP contribution >= 0.6 is 0 Å². The molecule has 2 aromatic heterocycles. The Bertz CT molecular complexity index is 880. The molecule has 0 bridgehead atoms. The van der Waals surface area contributed by atoms with Crippen molar-refractivity contribution in [1.82, 2.24) is 14.8 Å². The summed E-state index contributed by atoms with van der Waals surface area (Å²) in [7, 11) is 0. The Morgan fingerprint density at radius 3 is 2.85 bits per heavy atom. The lowest BCUT2D eigenvalue weighted by molar-refractivity contribution is -0.0856. The third kappa shape index (κ3) is 2.87. The molecule has 4 heterocycles. The van der Waals surface area contributed by atoms with E-state index in [0.29, 0.717) is 6.04 Å². The Balaban J connectivity index is 1.52. The van der Waals surface area contributed by atoms with Crippen LogP contribution in [0, 0.1) is 0 Å². The predicted octanol–water partition coefficient (Wildman–Crippen LogP) is 2.03. The van der Waals surface area contributed by atoms with Gasteiger partial charge < -0.3 is 20.6 Å². The van der Waals surface area contributed by atoms with Crippen LogP contribution in [0.2, 0.25) is 0 Å². The minimum absolute atomic E-state index is 0.201. The summed E-state index contributed by atoms with van der Waals surface area (Å²) < 4.78 is 7.44. The Morgan fingerprint density at radius 1 is 1.30 bits per heavy atom. The van der Waals surface area contributed by atoms with E-state index in [0.717, 1.165) is 79.9 Å². The molecule has 2 fully saturated rings. The molecule has 27 heavy (non-hydrogen) atoms. The van der Waals surface area contributed by atoms with Crippen LogP contribution in [-0.4, -0.2) is 51.4 Å². The summed E-state index contributed by atoms with van der Waals surface area (Å²) in [4.78, 5) is 10.5. The van der Waals surface area contributed by atoms with Crippen molar-refractivity contribution in [1.29, 1.82) is 0 Å². The van der Waals surface area contributed by atoms with E-state index in [2.05, 4.69) is 22.5 Å². The van der Waals surface area contributed by atoms with Gasteiger partial charge in [-0.2, -0.15) is 5.10 Å². The lowest BCUT2D eigenvalue weighted by atomic mass is 9.73. The SMILES string of the molecule is CCn1ncc2c(NC3CCOCC3)c(C3=NOC4(C3)CC(N)C4)cnc21. The van der Waals surface area contributed by atoms with Gasteiger partial charge in [0.25, 0.3) is 0 Å². The average molecular weight is 370 g/mol. The molecule has 8 heteroatoms. The topological polar surface area (TPSA) is 99.6 Å². The molecular weight excluding hydrogens is 344 g/mol. The van der Waals surface area contributed by atoms with Crippen molar-refractivity contribution in [2.45, 2.75) is 63.3 Å². The molecule has 1 saturated heterocycles. The zero-order valence-corrected chi connectivity index (χ0v) is 15.6. The molecule has 5 rings (SSSR count). The molecule has 3 aliphatic rings. The molecule has 1 aliphatic carbocycles. The minimum atomic E-state index is -0.201. The molecule has 144 valence electrons. The van der Waals surface area contributed by atoms with E-state index in [1.54, 1.807) is 0 Å². The first kappa shape index (κ1) is 16.9. The first-order valence-electron chi connectivity index (χ1n) is 9.87. The fourth-order valence-corrected chi connectivity index (χ4v) is 4.46. The lowest BCUT2D eigenvalue weighted by Crippen LogP contribution is -2.51. The van der Waals surface area contributed by atoms with Crippen LogP contribution in [0.4, 0.5) is 5.69 Å². The van der Waals surface area contributed by atoms with Crippen molar-refractivity contribution >= 4 is 22.4 Å². The molecular formula is C19H26N6O2. The van der Waals surface area contributed by atoms with Crippen molar-refractivity contribution in [3.8, 4) is 0 Å². The van der Waals surface area contributed by atoms with Gasteiger partial charge in [0.05, 0.1) is 23.0 Å². The first-order chi connectivity index (χ1) is 13.2. The van der Waals surface area contributed by atoms with Crippen LogP contribution in [0.1, 0.15) is 44.6 Å². The molecule has 2 aliphatic heterocycles. The summed E-state index contributed by atoms with van der Waals surface area (Å²) in [5, 5.41) is 13.7. The number of ether oxygens (including phenoxy) is 1. The summed E-state index contributed by atoms with van der Waals surface area (Å²) in [6, 6.07) is 0.602. The Labute approximate surface area is 158 Å². The molecule has 2 aromatic rings. The highest BCUT2D eigenvalue weighted by molar-refractivity contribution is 6.10. The minimum Gasteiger partial charge on any atom is -0.388 e. The molecule has 0 atom stereocenters. The number of anilines is 1. The van der Waals surface area contributed by atoms with Gasteiger partial charge in [-0.25, -0.2) is 9.67 Å². The van der Waals surface area contributed by atoms with Crippen molar-refractivity contribution < 1.29 is 9.57 Å². The van der Waals surface area contributed by atoms with Gasteiger partial charge in [-0.3, -0.25) is 0 Å². The number of pyridine rings is 1. The molecule has 1 spiro atoms. The van der Waals surface area contributed by atoms with Crippen LogP contribution in [0.3, 0.4) is 0 Å². The Kier molecular flexibility index (Phi) is 4.05. The summed E-state index contributed by atoms with van der Waals surface area (Å²) in [5.41, 5.74) is 9.72. The van der Waals surface area contributed by atoms with Gasteiger partial charge in [0.15, 0.2) is 5.65 Å². The summed E-state index contributed by atoms with van der Waals surface area (Å²) in [6.07, 6.45) is 8.33. The number of rotatable bonds is 4. The average Bonchev–Trinajstić information content (AvgIpc) is 3.27. The number of aryl methyl sites for hydroxylation is 1. The Hall–Kier alpha value is -2.19. The zero-order valence-electron chi connectivity index (χ0n) is 15.6. The summed E-state index contributed by atoms with van der Waals surface area (Å²) >= 11 is 0. The van der Waals surface area contributed by atoms with Crippen LogP contribution in [-0.2, 0) is 16.1 Å². The summed E-state index contributed by atoms with van der Waals surface area (Å²) in [5.74, 6) is 0. The highest BCUT2D eigenvalue weighted by atomic mass is 16.7. The maximum atomic E-state index is 5.98. The van der Waals surface area contributed by atoms with Gasteiger partial charge in [-0.15, -0.1) is 0 Å². The van der Waals surface area contributed by atoms with E-state index in [9.17, 15) is 0 Å². The number of nitrogens with one attached hydrogen (secondary N) is 1. The van der Waals surface area contributed by atoms with E-state index in [-0.39, 0.29) is 11.6 Å². The standard InChI is InChI=1S/C19H26N6O2/c1-2-25-18-15(11-22-25)17(23-13-3-5-26-6-4-13)14(10-21-18)16-9-19(27-24-16)7-12(20)8-19/h10-13H,2-9,20H2,1H3,(H,21,23). The number of nitrogens with two attached hydrogens (primary N) is 1. The largest absolute Gasteiger partial charge is 0.388 e. The van der Waals surface area contributed by atoms with Crippen LogP contribution in [0.25, 0.3) is 11.0 Å². The second-order valence-corrected chi connectivity index (χ2v) is 7.93. The highest BCUT2D eigenvalue weighted by Crippen LogP contribution is 2.43. The van der Waals surface area contributed by atoms with Crippen molar-refractivity contribution in [3.05, 3.63) is 18.0 Å². The van der Waals surface area contributed by atoms with Gasteiger partial charge in [-0.05, 0) is 19.8 Å². The predicted molar refractivity (Wildman–Crippen MR) is 103 cm³/mol. The zero-order chi connectivity index (χ0) is 18.4. The molecule has 3 N–H and O–H groups in total. The second kappa shape index (κ2) is 6.45. The third-order valence-electron chi connectivity index (χ3n) is 5.95. The smallest absolute Gasteiger partial charge is 0.159 e. The Morgan fingerprint density at radius 2 is 2.11 bits per heavy atom. The van der Waals surface area contributed by atoms with E-state index < -0.39 is 0 Å². The van der Waals surface area contributed by atoms with E-state index in [4.69, 9.17) is 20.3 Å². The number of aromatic nitrogens is 3. The quantitative estimate of drug-likeness (QED) is 0.854. The highest BCUT2D eigenvalue weighted by Gasteiger charge is 2.49. The van der Waals surface area contributed by atoms with Crippen molar-refractivity contribution in [2.75, 3.05) is 18.5 Å². The van der Waals surface area contributed by atoms with Crippen LogP contribution < -0.4 is 11.1 Å². The van der Waals surface area contributed by atoms with Crippen LogP contribution in [0.15, 0.2) is 17.5 Å². The molecule has 8 nitrogen and oxygen atoms in total. The lowest BCUT2D eigenvalue weighted by Gasteiger charge is -2.40. The number of nitrogens with zero attached hydrogens (tertiary/aromatic N) is 4. The number of hydrogen-bond donors (Lipinski definition) is 2. The van der Waals surface area contributed by atoms with Crippen LogP contribution in [0.5, 0.6) is 0 Å². The number of fused-ring (bicyclic) bond motifs is 1. The maximum Gasteiger partial charge on any atom is 0.159 e. The number of hydrogen-bond acceptors (Lipinski definition) is 7. The van der Waals surface area contributed by atoms with E-state index in [1.807, 2.05) is 17.1 Å². The van der Waals surface area contributed by atoms with Gasteiger partial charge in [0.2, 0.25) is 0 Å². The fraction of sp³-hybridized carbons (Fsp3) is 0.632. The monoisotopic (exact) mass is 370 g/mol.